The van der Waals surface area contributed by atoms with Gasteiger partial charge in [0.15, 0.2) is 0 Å². The van der Waals surface area contributed by atoms with Gasteiger partial charge in [-0.3, -0.25) is 9.78 Å². The molecule has 168 valence electrons. The molecule has 1 aromatic carbocycles. The number of nitrogens with one attached hydrogen (secondary N) is 1. The van der Waals surface area contributed by atoms with Gasteiger partial charge in [-0.2, -0.15) is 0 Å². The first kappa shape index (κ1) is 22.0. The predicted octanol–water partition coefficient (Wildman–Crippen LogP) is 2.91. The zero-order valence-corrected chi connectivity index (χ0v) is 18.3. The molecule has 2 aliphatic heterocycles. The molecule has 8 nitrogen and oxygen atoms in total. The number of methoxy groups -OCH3 is 1. The van der Waals surface area contributed by atoms with E-state index in [9.17, 15) is 9.59 Å². The Morgan fingerprint density at radius 2 is 1.84 bits per heavy atom. The van der Waals surface area contributed by atoms with Crippen LogP contribution in [0.4, 0.5) is 10.5 Å². The smallest absolute Gasteiger partial charge is 0.322 e. The van der Waals surface area contributed by atoms with Crippen LogP contribution in [0.1, 0.15) is 23.2 Å². The van der Waals surface area contributed by atoms with Gasteiger partial charge in [0.2, 0.25) is 5.91 Å². The van der Waals surface area contributed by atoms with E-state index < -0.39 is 0 Å². The van der Waals surface area contributed by atoms with Crippen LogP contribution >= 0.6 is 0 Å². The Morgan fingerprint density at radius 1 is 1.06 bits per heavy atom. The summed E-state index contributed by atoms with van der Waals surface area (Å²) in [7, 11) is 1.60. The Labute approximate surface area is 187 Å². The van der Waals surface area contributed by atoms with Gasteiger partial charge in [-0.15, -0.1) is 0 Å². The van der Waals surface area contributed by atoms with Crippen LogP contribution in [0.2, 0.25) is 0 Å². The number of carbonyl (C=O) groups is 2. The van der Waals surface area contributed by atoms with E-state index in [0.29, 0.717) is 45.1 Å². The molecular weight excluding hydrogens is 408 g/mol. The molecule has 0 unspecified atom stereocenters. The minimum Gasteiger partial charge on any atom is -0.382 e. The van der Waals surface area contributed by atoms with Crippen LogP contribution in [0.15, 0.2) is 48.7 Å². The van der Waals surface area contributed by atoms with Crippen molar-refractivity contribution in [2.24, 2.45) is 0 Å². The average Bonchev–Trinajstić information content (AvgIpc) is 3.27. The van der Waals surface area contributed by atoms with Gasteiger partial charge in [-0.25, -0.2) is 4.79 Å². The van der Waals surface area contributed by atoms with Crippen molar-refractivity contribution in [3.8, 4) is 0 Å². The predicted molar refractivity (Wildman–Crippen MR) is 121 cm³/mol. The number of urea groups is 1. The first-order valence-electron chi connectivity index (χ1n) is 10.8. The molecule has 1 N–H and O–H groups in total. The third kappa shape index (κ3) is 5.33. The number of ether oxygens (including phenoxy) is 2. The van der Waals surface area contributed by atoms with Crippen molar-refractivity contribution in [1.82, 2.24) is 14.8 Å². The minimum atomic E-state index is -0.130. The highest BCUT2D eigenvalue weighted by Gasteiger charge is 2.23. The monoisotopic (exact) mass is 436 g/mol. The van der Waals surface area contributed by atoms with Crippen molar-refractivity contribution in [3.63, 3.8) is 0 Å². The maximum absolute atomic E-state index is 12.6. The van der Waals surface area contributed by atoms with Crippen LogP contribution in [0.25, 0.3) is 5.57 Å². The number of amides is 3. The summed E-state index contributed by atoms with van der Waals surface area (Å²) in [6, 6.07) is 11.7. The lowest BCUT2D eigenvalue weighted by Crippen LogP contribution is -2.37. The molecule has 32 heavy (non-hydrogen) atoms. The van der Waals surface area contributed by atoms with Gasteiger partial charge in [0.25, 0.3) is 0 Å². The number of rotatable bonds is 7. The summed E-state index contributed by atoms with van der Waals surface area (Å²) in [6.45, 7) is 3.37. The second-order valence-corrected chi connectivity index (χ2v) is 7.85. The number of fused-ring (bicyclic) bond motifs is 1. The van der Waals surface area contributed by atoms with E-state index in [1.54, 1.807) is 23.1 Å². The fraction of sp³-hybridized carbons (Fsp3) is 0.375. The summed E-state index contributed by atoms with van der Waals surface area (Å²) < 4.78 is 10.2. The molecule has 0 radical (unpaired) electrons. The van der Waals surface area contributed by atoms with Gasteiger partial charge in [0.05, 0.1) is 30.8 Å². The summed E-state index contributed by atoms with van der Waals surface area (Å²) in [5.74, 6) is -0.0218. The second kappa shape index (κ2) is 10.4. The lowest BCUT2D eigenvalue weighted by Gasteiger charge is -2.26. The summed E-state index contributed by atoms with van der Waals surface area (Å²) >= 11 is 0. The molecule has 0 fully saturated rings. The van der Waals surface area contributed by atoms with Gasteiger partial charge in [0, 0.05) is 33.3 Å². The molecule has 0 atom stereocenters. The van der Waals surface area contributed by atoms with Crippen molar-refractivity contribution in [2.45, 2.75) is 19.5 Å². The van der Waals surface area contributed by atoms with E-state index in [1.165, 1.54) is 11.1 Å². The first-order chi connectivity index (χ1) is 15.6. The Bertz CT molecular complexity index is 965. The fourth-order valence-electron chi connectivity index (χ4n) is 3.86. The molecule has 2 aromatic rings. The van der Waals surface area contributed by atoms with Gasteiger partial charge >= 0.3 is 6.03 Å². The van der Waals surface area contributed by atoms with Crippen molar-refractivity contribution < 1.29 is 19.1 Å². The molecule has 3 heterocycles. The normalized spacial score (nSPS) is 15.3. The lowest BCUT2D eigenvalue weighted by atomic mass is 10.0. The van der Waals surface area contributed by atoms with E-state index in [1.807, 2.05) is 30.3 Å². The number of benzene rings is 1. The number of pyridine rings is 1. The lowest BCUT2D eigenvalue weighted by molar-refractivity contribution is -0.136. The molecule has 1 aromatic heterocycles. The van der Waals surface area contributed by atoms with Crippen LogP contribution in [0, 0.1) is 0 Å². The van der Waals surface area contributed by atoms with Crippen molar-refractivity contribution in [2.75, 3.05) is 45.3 Å². The highest BCUT2D eigenvalue weighted by atomic mass is 16.5. The van der Waals surface area contributed by atoms with E-state index in [2.05, 4.69) is 22.4 Å². The molecule has 0 saturated heterocycles. The zero-order valence-electron chi connectivity index (χ0n) is 18.3. The number of aromatic nitrogens is 1. The highest BCUT2D eigenvalue weighted by Crippen LogP contribution is 2.24. The number of nitrogens with zero attached hydrogens (tertiary/aromatic N) is 3. The number of hydrogen-bond acceptors (Lipinski definition) is 5. The third-order valence-electron chi connectivity index (χ3n) is 5.69. The van der Waals surface area contributed by atoms with E-state index in [-0.39, 0.29) is 18.5 Å². The van der Waals surface area contributed by atoms with Crippen LogP contribution in [-0.4, -0.2) is 66.7 Å². The molecule has 0 saturated carbocycles. The van der Waals surface area contributed by atoms with Gasteiger partial charge in [-0.1, -0.05) is 30.3 Å². The summed E-state index contributed by atoms with van der Waals surface area (Å²) in [4.78, 5) is 32.9. The van der Waals surface area contributed by atoms with E-state index >= 15 is 0 Å². The summed E-state index contributed by atoms with van der Waals surface area (Å²) in [5, 5.41) is 2.93. The molecule has 8 heteroatoms. The molecule has 4 rings (SSSR count). The van der Waals surface area contributed by atoms with Gasteiger partial charge in [-0.05, 0) is 35.3 Å². The van der Waals surface area contributed by atoms with Gasteiger partial charge < -0.3 is 24.6 Å². The first-order valence-corrected chi connectivity index (χ1v) is 10.8. The fourth-order valence-corrected chi connectivity index (χ4v) is 3.86. The molecule has 0 aliphatic carbocycles. The van der Waals surface area contributed by atoms with Crippen LogP contribution in [0.5, 0.6) is 0 Å². The Morgan fingerprint density at radius 3 is 2.47 bits per heavy atom. The molecule has 0 bridgehead atoms. The molecule has 3 amide bonds. The number of hydrogen-bond donors (Lipinski definition) is 1. The number of anilines is 1. The summed E-state index contributed by atoms with van der Waals surface area (Å²) in [5.41, 5.74) is 5.00. The van der Waals surface area contributed by atoms with Gasteiger partial charge in [0.1, 0.15) is 6.61 Å². The largest absolute Gasteiger partial charge is 0.382 e. The van der Waals surface area contributed by atoms with E-state index in [4.69, 9.17) is 9.47 Å². The van der Waals surface area contributed by atoms with Crippen LogP contribution in [-0.2, 0) is 27.4 Å². The van der Waals surface area contributed by atoms with Crippen molar-refractivity contribution in [1.29, 1.82) is 0 Å². The molecule has 2 aliphatic rings. The molecular formula is C24H28N4O4. The summed E-state index contributed by atoms with van der Waals surface area (Å²) in [6.07, 6.45) is 4.44. The van der Waals surface area contributed by atoms with Crippen LogP contribution in [0.3, 0.4) is 0 Å². The van der Waals surface area contributed by atoms with Crippen LogP contribution < -0.4 is 5.32 Å². The second-order valence-electron chi connectivity index (χ2n) is 7.85. The number of carbonyl (C=O) groups excluding carboxylic acids is 2. The zero-order chi connectivity index (χ0) is 22.3. The SMILES string of the molecule is COCCOCC(=O)N1CC=C(c2ccc(NC(=O)N3Cc4ccccc4C3)cn2)CC1. The Kier molecular flexibility index (Phi) is 7.14. The molecule has 0 spiro atoms. The quantitative estimate of drug-likeness (QED) is 0.675. The maximum Gasteiger partial charge on any atom is 0.322 e. The average molecular weight is 437 g/mol. The van der Waals surface area contributed by atoms with Crippen molar-refractivity contribution in [3.05, 3.63) is 65.5 Å². The third-order valence-corrected chi connectivity index (χ3v) is 5.69. The maximum atomic E-state index is 12.6. The standard InChI is InChI=1S/C24H28N4O4/c1-31-12-13-32-17-23(29)27-10-8-18(9-11-27)22-7-6-21(14-25-22)26-24(30)28-15-19-4-2-3-5-20(19)16-28/h2-8,14H,9-13,15-17H2,1H3,(H,26,30). The van der Waals surface area contributed by atoms with Crippen molar-refractivity contribution >= 4 is 23.2 Å². The Balaban J connectivity index is 1.27. The highest BCUT2D eigenvalue weighted by molar-refractivity contribution is 5.89. The minimum absolute atomic E-state index is 0.0218. The van der Waals surface area contributed by atoms with E-state index in [0.717, 1.165) is 17.7 Å². The topological polar surface area (TPSA) is 84.0 Å². The Hall–Kier alpha value is -3.23.